The summed E-state index contributed by atoms with van der Waals surface area (Å²) in [5.41, 5.74) is 1.27. The van der Waals surface area contributed by atoms with Crippen molar-refractivity contribution < 1.29 is 4.79 Å². The van der Waals surface area contributed by atoms with Gasteiger partial charge in [-0.2, -0.15) is 0 Å². The van der Waals surface area contributed by atoms with Gasteiger partial charge < -0.3 is 4.90 Å². The van der Waals surface area contributed by atoms with Crippen LogP contribution in [0.15, 0.2) is 29.7 Å². The van der Waals surface area contributed by atoms with Gasteiger partial charge in [0.1, 0.15) is 5.82 Å². The molecule has 1 N–H and O–H groups in total. The molecule has 25 heavy (non-hydrogen) atoms. The number of carbonyl (C=O) groups excluding carboxylic acids is 1. The zero-order valence-corrected chi connectivity index (χ0v) is 15.3. The summed E-state index contributed by atoms with van der Waals surface area (Å²) >= 11 is 1.40. The molecule has 1 amide bonds. The summed E-state index contributed by atoms with van der Waals surface area (Å²) in [5, 5.41) is 7.66. The Labute approximate surface area is 152 Å². The van der Waals surface area contributed by atoms with E-state index in [2.05, 4.69) is 25.1 Å². The highest BCUT2D eigenvalue weighted by molar-refractivity contribution is 7.99. The van der Waals surface area contributed by atoms with Gasteiger partial charge in [-0.05, 0) is 24.1 Å². The summed E-state index contributed by atoms with van der Waals surface area (Å²) in [6.45, 7) is 6.45. The van der Waals surface area contributed by atoms with Crippen molar-refractivity contribution in [2.75, 3.05) is 31.9 Å². The van der Waals surface area contributed by atoms with Crippen LogP contribution in [-0.4, -0.2) is 67.8 Å². The van der Waals surface area contributed by atoms with Crippen molar-refractivity contribution >= 4 is 17.7 Å². The van der Waals surface area contributed by atoms with Crippen LogP contribution in [0.2, 0.25) is 0 Å². The van der Waals surface area contributed by atoms with Crippen LogP contribution in [0.5, 0.6) is 0 Å². The van der Waals surface area contributed by atoms with Gasteiger partial charge in [0, 0.05) is 51.5 Å². The molecule has 0 spiro atoms. The zero-order chi connectivity index (χ0) is 17.5. The van der Waals surface area contributed by atoms with Gasteiger partial charge in [0.25, 0.3) is 0 Å². The van der Waals surface area contributed by atoms with E-state index in [1.807, 2.05) is 36.4 Å². The van der Waals surface area contributed by atoms with E-state index in [0.717, 1.165) is 51.4 Å². The molecule has 1 saturated heterocycles. The summed E-state index contributed by atoms with van der Waals surface area (Å²) in [5.74, 6) is 1.42. The SMILES string of the molecule is CCc1nc(SCC(=O)N2CCCN(Cc3ccncc3)CC2)n[nH]1. The van der Waals surface area contributed by atoms with Gasteiger partial charge in [-0.1, -0.05) is 18.7 Å². The summed E-state index contributed by atoms with van der Waals surface area (Å²) in [7, 11) is 0. The normalized spacial score (nSPS) is 16.0. The molecule has 3 rings (SSSR count). The van der Waals surface area contributed by atoms with Crippen LogP contribution < -0.4 is 0 Å². The maximum absolute atomic E-state index is 12.5. The van der Waals surface area contributed by atoms with E-state index in [1.165, 1.54) is 17.3 Å². The van der Waals surface area contributed by atoms with Crippen molar-refractivity contribution in [3.05, 3.63) is 35.9 Å². The van der Waals surface area contributed by atoms with Crippen molar-refractivity contribution in [2.45, 2.75) is 31.5 Å². The molecular weight excluding hydrogens is 336 g/mol. The molecule has 1 aliphatic rings. The highest BCUT2D eigenvalue weighted by atomic mass is 32.2. The van der Waals surface area contributed by atoms with E-state index in [1.54, 1.807) is 0 Å². The fraction of sp³-hybridized carbons (Fsp3) is 0.529. The number of carbonyl (C=O) groups is 1. The lowest BCUT2D eigenvalue weighted by Gasteiger charge is -2.21. The average Bonchev–Trinajstić information content (AvgIpc) is 2.99. The number of hydrogen-bond acceptors (Lipinski definition) is 6. The molecule has 0 atom stereocenters. The van der Waals surface area contributed by atoms with Crippen molar-refractivity contribution in [3.63, 3.8) is 0 Å². The van der Waals surface area contributed by atoms with Crippen LogP contribution in [0.25, 0.3) is 0 Å². The molecule has 0 unspecified atom stereocenters. The Morgan fingerprint density at radius 2 is 2.08 bits per heavy atom. The second kappa shape index (κ2) is 8.96. The third-order valence-electron chi connectivity index (χ3n) is 4.27. The third kappa shape index (κ3) is 5.27. The van der Waals surface area contributed by atoms with Crippen molar-refractivity contribution in [2.24, 2.45) is 0 Å². The number of thioether (sulfide) groups is 1. The van der Waals surface area contributed by atoms with E-state index in [9.17, 15) is 4.79 Å². The number of pyridine rings is 1. The molecule has 2 aromatic rings. The smallest absolute Gasteiger partial charge is 0.233 e. The fourth-order valence-electron chi connectivity index (χ4n) is 2.84. The van der Waals surface area contributed by atoms with Gasteiger partial charge in [-0.25, -0.2) is 4.98 Å². The monoisotopic (exact) mass is 360 g/mol. The maximum Gasteiger partial charge on any atom is 0.233 e. The molecule has 0 saturated carbocycles. The molecule has 2 aromatic heterocycles. The highest BCUT2D eigenvalue weighted by Gasteiger charge is 2.19. The Morgan fingerprint density at radius 3 is 2.84 bits per heavy atom. The largest absolute Gasteiger partial charge is 0.341 e. The molecule has 1 aliphatic heterocycles. The maximum atomic E-state index is 12.5. The molecule has 134 valence electrons. The molecule has 0 aromatic carbocycles. The van der Waals surface area contributed by atoms with E-state index in [0.29, 0.717) is 10.9 Å². The van der Waals surface area contributed by atoms with Crippen LogP contribution >= 0.6 is 11.8 Å². The lowest BCUT2D eigenvalue weighted by molar-refractivity contribution is -0.128. The van der Waals surface area contributed by atoms with Gasteiger partial charge in [0.05, 0.1) is 5.75 Å². The van der Waals surface area contributed by atoms with Crippen LogP contribution in [0, 0.1) is 0 Å². The Morgan fingerprint density at radius 1 is 1.24 bits per heavy atom. The predicted octanol–water partition coefficient (Wildman–Crippen LogP) is 1.59. The topological polar surface area (TPSA) is 78.0 Å². The number of aromatic nitrogens is 4. The minimum atomic E-state index is 0.165. The summed E-state index contributed by atoms with van der Waals surface area (Å²) in [6, 6.07) is 4.10. The number of nitrogens with zero attached hydrogens (tertiary/aromatic N) is 5. The number of nitrogens with one attached hydrogen (secondary N) is 1. The number of hydrogen-bond donors (Lipinski definition) is 1. The standard InChI is InChI=1S/C17H24N6OS/c1-2-15-19-17(21-20-15)25-13-16(24)23-9-3-8-22(10-11-23)12-14-4-6-18-7-5-14/h4-7H,2-3,8-13H2,1H3,(H,19,20,21). The lowest BCUT2D eigenvalue weighted by Crippen LogP contribution is -2.36. The van der Waals surface area contributed by atoms with E-state index in [4.69, 9.17) is 0 Å². The van der Waals surface area contributed by atoms with Crippen LogP contribution in [0.1, 0.15) is 24.7 Å². The van der Waals surface area contributed by atoms with E-state index in [-0.39, 0.29) is 5.91 Å². The first-order chi connectivity index (χ1) is 12.2. The van der Waals surface area contributed by atoms with Gasteiger partial charge in [-0.15, -0.1) is 5.10 Å². The number of amides is 1. The molecule has 0 radical (unpaired) electrons. The second-order valence-corrected chi connectivity index (χ2v) is 7.02. The summed E-state index contributed by atoms with van der Waals surface area (Å²) in [4.78, 5) is 25.2. The Balaban J connectivity index is 1.46. The predicted molar refractivity (Wildman–Crippen MR) is 97.2 cm³/mol. The van der Waals surface area contributed by atoms with E-state index < -0.39 is 0 Å². The van der Waals surface area contributed by atoms with Crippen LogP contribution in [0.4, 0.5) is 0 Å². The first kappa shape index (κ1) is 17.9. The quantitative estimate of drug-likeness (QED) is 0.788. The summed E-state index contributed by atoms with van der Waals surface area (Å²) < 4.78 is 0. The fourth-order valence-corrected chi connectivity index (χ4v) is 3.56. The minimum Gasteiger partial charge on any atom is -0.341 e. The Kier molecular flexibility index (Phi) is 6.41. The van der Waals surface area contributed by atoms with Crippen molar-refractivity contribution in [1.82, 2.24) is 30.0 Å². The average molecular weight is 360 g/mol. The first-order valence-corrected chi connectivity index (χ1v) is 9.66. The molecule has 1 fully saturated rings. The Hall–Kier alpha value is -1.93. The molecule has 0 aliphatic carbocycles. The molecular formula is C17H24N6OS. The van der Waals surface area contributed by atoms with Crippen LogP contribution in [-0.2, 0) is 17.8 Å². The van der Waals surface area contributed by atoms with Gasteiger partial charge in [-0.3, -0.25) is 19.8 Å². The van der Waals surface area contributed by atoms with Crippen molar-refractivity contribution in [1.29, 1.82) is 0 Å². The Bertz CT molecular complexity index is 677. The first-order valence-electron chi connectivity index (χ1n) is 8.67. The van der Waals surface area contributed by atoms with E-state index >= 15 is 0 Å². The number of rotatable bonds is 6. The second-order valence-electron chi connectivity index (χ2n) is 6.07. The number of aryl methyl sites for hydroxylation is 1. The zero-order valence-electron chi connectivity index (χ0n) is 14.5. The number of aromatic amines is 1. The minimum absolute atomic E-state index is 0.165. The number of H-pyrrole nitrogens is 1. The molecule has 7 nitrogen and oxygen atoms in total. The molecule has 3 heterocycles. The molecule has 8 heteroatoms. The van der Waals surface area contributed by atoms with Crippen molar-refractivity contribution in [3.8, 4) is 0 Å². The highest BCUT2D eigenvalue weighted by Crippen LogP contribution is 2.15. The third-order valence-corrected chi connectivity index (χ3v) is 5.10. The van der Waals surface area contributed by atoms with Gasteiger partial charge in [0.2, 0.25) is 11.1 Å². The van der Waals surface area contributed by atoms with Gasteiger partial charge in [0.15, 0.2) is 0 Å². The van der Waals surface area contributed by atoms with Crippen LogP contribution in [0.3, 0.4) is 0 Å². The lowest BCUT2D eigenvalue weighted by atomic mass is 10.2. The summed E-state index contributed by atoms with van der Waals surface area (Å²) in [6.07, 6.45) is 5.48. The molecule has 0 bridgehead atoms. The van der Waals surface area contributed by atoms with Gasteiger partial charge >= 0.3 is 0 Å².